The molecule has 250 valence electrons. The normalized spacial score (nSPS) is 20.3. The lowest BCUT2D eigenvalue weighted by Gasteiger charge is -2.39. The van der Waals surface area contributed by atoms with Crippen molar-refractivity contribution in [3.05, 3.63) is 93.6 Å². The summed E-state index contributed by atoms with van der Waals surface area (Å²) in [5, 5.41) is 15.4. The molecule has 13 heteroatoms. The molecule has 0 bridgehead atoms. The lowest BCUT2D eigenvalue weighted by Crippen LogP contribution is -2.50. The Balaban J connectivity index is 1.13. The maximum Gasteiger partial charge on any atom is 0.396 e. The van der Waals surface area contributed by atoms with E-state index in [0.717, 1.165) is 17.8 Å². The third-order valence-electron chi connectivity index (χ3n) is 9.20. The number of piperidine rings is 1. The van der Waals surface area contributed by atoms with Gasteiger partial charge in [0.25, 0.3) is 5.56 Å². The molecule has 2 atom stereocenters. The maximum absolute atomic E-state index is 13.8. The number of aromatic nitrogens is 3. The van der Waals surface area contributed by atoms with Crippen molar-refractivity contribution < 1.29 is 27.8 Å². The van der Waals surface area contributed by atoms with Crippen molar-refractivity contribution in [1.29, 1.82) is 0 Å². The summed E-state index contributed by atoms with van der Waals surface area (Å²) in [7, 11) is 0. The molecule has 0 spiro atoms. The van der Waals surface area contributed by atoms with Gasteiger partial charge in [0, 0.05) is 31.7 Å². The Labute approximate surface area is 274 Å². The topological polar surface area (TPSA) is 102 Å². The highest BCUT2D eigenvalue weighted by molar-refractivity contribution is 6.31. The molecule has 0 radical (unpaired) electrons. The van der Waals surface area contributed by atoms with Crippen molar-refractivity contribution in [2.45, 2.75) is 69.0 Å². The van der Waals surface area contributed by atoms with Gasteiger partial charge in [0.2, 0.25) is 5.91 Å². The van der Waals surface area contributed by atoms with Gasteiger partial charge in [-0.25, -0.2) is 4.98 Å². The van der Waals surface area contributed by atoms with E-state index in [1.807, 2.05) is 38.1 Å². The number of morpholine rings is 1. The van der Waals surface area contributed by atoms with Gasteiger partial charge < -0.3 is 20.1 Å². The fourth-order valence-electron chi connectivity index (χ4n) is 6.36. The molecular formula is C34H37ClF3N5O4. The summed E-state index contributed by atoms with van der Waals surface area (Å²) in [6, 6.07) is 16.8. The lowest BCUT2D eigenvalue weighted by atomic mass is 9.89. The van der Waals surface area contributed by atoms with Gasteiger partial charge >= 0.3 is 6.18 Å². The van der Waals surface area contributed by atoms with Crippen LogP contribution in [0.3, 0.4) is 0 Å². The van der Waals surface area contributed by atoms with Crippen LogP contribution in [-0.4, -0.2) is 73.7 Å². The Morgan fingerprint density at radius 3 is 2.43 bits per heavy atom. The molecule has 2 fully saturated rings. The number of halogens is 4. The van der Waals surface area contributed by atoms with Crippen LogP contribution in [0.25, 0.3) is 16.7 Å². The summed E-state index contributed by atoms with van der Waals surface area (Å²) in [5.41, 5.74) is 0.232. The van der Waals surface area contributed by atoms with Crippen molar-refractivity contribution in [2.24, 2.45) is 0 Å². The zero-order chi connectivity index (χ0) is 33.6. The highest BCUT2D eigenvalue weighted by atomic mass is 35.5. The highest BCUT2D eigenvalue weighted by Crippen LogP contribution is 2.38. The SMILES string of the molecule is CC1(C)CN[C@@H](c2ccc(-n3c(Cl)cc4c(=O)n(CC5(O)CCN(C(=O)C[C@H](c6ccccc6)C(F)(F)F)CC5)cnc43)cc2)CO1. The van der Waals surface area contributed by atoms with Crippen LogP contribution < -0.4 is 10.9 Å². The Morgan fingerprint density at radius 1 is 1.13 bits per heavy atom. The second-order valence-corrected chi connectivity index (χ2v) is 13.5. The molecule has 4 heterocycles. The number of nitrogens with one attached hydrogen (secondary N) is 1. The third kappa shape index (κ3) is 7.11. The fourth-order valence-corrected chi connectivity index (χ4v) is 6.65. The number of carbonyl (C=O) groups excluding carboxylic acids is 1. The quantitative estimate of drug-likeness (QED) is 0.274. The summed E-state index contributed by atoms with van der Waals surface area (Å²) < 4.78 is 50.4. The molecule has 47 heavy (non-hydrogen) atoms. The van der Waals surface area contributed by atoms with Crippen molar-refractivity contribution >= 4 is 28.5 Å². The van der Waals surface area contributed by atoms with Crippen LogP contribution in [0.1, 0.15) is 56.2 Å². The van der Waals surface area contributed by atoms with Crippen LogP contribution in [0, 0.1) is 0 Å². The second kappa shape index (κ2) is 12.7. The number of likely N-dealkylation sites (tertiary alicyclic amines) is 1. The number of carbonyl (C=O) groups is 1. The molecule has 0 aliphatic carbocycles. The number of amides is 1. The van der Waals surface area contributed by atoms with E-state index in [0.29, 0.717) is 17.4 Å². The number of aliphatic hydroxyl groups is 1. The van der Waals surface area contributed by atoms with Crippen LogP contribution in [0.2, 0.25) is 5.15 Å². The molecule has 9 nitrogen and oxygen atoms in total. The minimum Gasteiger partial charge on any atom is -0.388 e. The minimum atomic E-state index is -4.58. The van der Waals surface area contributed by atoms with Crippen molar-refractivity contribution in [3.8, 4) is 5.69 Å². The van der Waals surface area contributed by atoms with Gasteiger partial charge in [-0.15, -0.1) is 0 Å². The molecule has 0 saturated carbocycles. The predicted octanol–water partition coefficient (Wildman–Crippen LogP) is 5.37. The number of hydrogen-bond donors (Lipinski definition) is 2. The highest BCUT2D eigenvalue weighted by Gasteiger charge is 2.43. The molecule has 2 aromatic carbocycles. The molecule has 2 aliphatic rings. The van der Waals surface area contributed by atoms with Gasteiger partial charge in [-0.1, -0.05) is 54.1 Å². The summed E-state index contributed by atoms with van der Waals surface area (Å²) >= 11 is 6.60. The van der Waals surface area contributed by atoms with Crippen LogP contribution in [0.4, 0.5) is 13.2 Å². The van der Waals surface area contributed by atoms with E-state index in [-0.39, 0.29) is 60.6 Å². The monoisotopic (exact) mass is 671 g/mol. The van der Waals surface area contributed by atoms with Crippen molar-refractivity contribution in [3.63, 3.8) is 0 Å². The largest absolute Gasteiger partial charge is 0.396 e. The molecule has 2 aromatic heterocycles. The first-order valence-electron chi connectivity index (χ1n) is 15.6. The molecule has 0 unspecified atom stereocenters. The van der Waals surface area contributed by atoms with Gasteiger partial charge in [-0.05, 0) is 56.0 Å². The first-order valence-corrected chi connectivity index (χ1v) is 16.0. The van der Waals surface area contributed by atoms with Gasteiger partial charge in [-0.2, -0.15) is 13.2 Å². The van der Waals surface area contributed by atoms with Crippen LogP contribution in [-0.2, 0) is 16.1 Å². The van der Waals surface area contributed by atoms with E-state index in [2.05, 4.69) is 10.3 Å². The van der Waals surface area contributed by atoms with Crippen LogP contribution in [0.15, 0.2) is 71.8 Å². The molecule has 6 rings (SSSR count). The Hall–Kier alpha value is -3.71. The van der Waals surface area contributed by atoms with E-state index in [1.54, 1.807) is 16.7 Å². The van der Waals surface area contributed by atoms with E-state index in [1.165, 1.54) is 40.1 Å². The molecule has 2 saturated heterocycles. The number of rotatable bonds is 7. The standard InChI is InChI=1S/C34H37ClF3N5O4/c1-32(2)19-39-27(18-47-32)23-8-10-24(11-9-23)43-28(35)16-25-30(43)40-21-42(31(25)45)20-33(46)12-14-41(15-13-33)29(44)17-26(34(36,37)38)22-6-4-3-5-7-22/h3-11,16,21,26-27,39,46H,12-15,17-20H2,1-2H3/t26-,27-/m1/s1. The second-order valence-electron chi connectivity index (χ2n) is 13.1. The fraction of sp³-hybridized carbons (Fsp3) is 0.441. The maximum atomic E-state index is 13.8. The zero-order valence-corrected chi connectivity index (χ0v) is 26.9. The van der Waals surface area contributed by atoms with E-state index >= 15 is 0 Å². The summed E-state index contributed by atoms with van der Waals surface area (Å²) in [6.45, 7) is 5.41. The number of nitrogens with zero attached hydrogens (tertiary/aromatic N) is 4. The summed E-state index contributed by atoms with van der Waals surface area (Å²) in [5.74, 6) is -2.55. The lowest BCUT2D eigenvalue weighted by molar-refractivity contribution is -0.162. The Morgan fingerprint density at radius 2 is 1.81 bits per heavy atom. The van der Waals surface area contributed by atoms with Crippen LogP contribution in [0.5, 0.6) is 0 Å². The van der Waals surface area contributed by atoms with Gasteiger partial charge in [-0.3, -0.25) is 18.7 Å². The van der Waals surface area contributed by atoms with E-state index in [4.69, 9.17) is 16.3 Å². The first-order chi connectivity index (χ1) is 22.2. The molecule has 2 N–H and O–H groups in total. The average Bonchev–Trinajstić information content (AvgIpc) is 3.38. The minimum absolute atomic E-state index is 0.0335. The number of ether oxygens (including phenoxy) is 1. The molecule has 4 aromatic rings. The zero-order valence-electron chi connectivity index (χ0n) is 26.1. The van der Waals surface area contributed by atoms with Gasteiger partial charge in [0.15, 0.2) is 5.65 Å². The molecule has 2 aliphatic heterocycles. The Kier molecular flexibility index (Phi) is 8.98. The molecule has 1 amide bonds. The van der Waals surface area contributed by atoms with Gasteiger partial charge in [0.1, 0.15) is 11.5 Å². The van der Waals surface area contributed by atoms with Crippen LogP contribution >= 0.6 is 11.6 Å². The first kappa shape index (κ1) is 33.2. The van der Waals surface area contributed by atoms with Crippen molar-refractivity contribution in [1.82, 2.24) is 24.3 Å². The number of benzene rings is 2. The van der Waals surface area contributed by atoms with E-state index < -0.39 is 30.0 Å². The third-order valence-corrected chi connectivity index (χ3v) is 9.47. The number of hydrogen-bond acceptors (Lipinski definition) is 6. The van der Waals surface area contributed by atoms with Gasteiger partial charge in [0.05, 0.1) is 41.7 Å². The summed E-state index contributed by atoms with van der Waals surface area (Å²) in [4.78, 5) is 32.3. The smallest absolute Gasteiger partial charge is 0.388 e. The number of fused-ring (bicyclic) bond motifs is 1. The average molecular weight is 672 g/mol. The summed E-state index contributed by atoms with van der Waals surface area (Å²) in [6.07, 6.45) is -3.74. The van der Waals surface area contributed by atoms with Crippen molar-refractivity contribution in [2.75, 3.05) is 26.2 Å². The Bertz CT molecular complexity index is 1790. The molecular weight excluding hydrogens is 635 g/mol. The predicted molar refractivity (Wildman–Crippen MR) is 172 cm³/mol. The number of alkyl halides is 3. The van der Waals surface area contributed by atoms with E-state index in [9.17, 15) is 27.9 Å².